The van der Waals surface area contributed by atoms with Gasteiger partial charge in [-0.1, -0.05) is 12.2 Å². The van der Waals surface area contributed by atoms with Gasteiger partial charge in [-0.15, -0.1) is 0 Å². The van der Waals surface area contributed by atoms with Crippen LogP contribution in [-0.2, 0) is 9.53 Å². The molecule has 0 aromatic rings. The van der Waals surface area contributed by atoms with Gasteiger partial charge in [-0.05, 0) is 38.5 Å². The van der Waals surface area contributed by atoms with E-state index in [0.29, 0.717) is 19.5 Å². The molecule has 1 unspecified atom stereocenters. The zero-order chi connectivity index (χ0) is 14.6. The first kappa shape index (κ1) is 16.5. The molecule has 1 atom stereocenters. The molecule has 0 spiro atoms. The van der Waals surface area contributed by atoms with Crippen molar-refractivity contribution in [2.75, 3.05) is 19.7 Å². The summed E-state index contributed by atoms with van der Waals surface area (Å²) in [7, 11) is 0. The molecule has 6 nitrogen and oxygen atoms in total. The highest BCUT2D eigenvalue weighted by atomic mass is 16.6. The third kappa shape index (κ3) is 7.78. The van der Waals surface area contributed by atoms with E-state index in [1.54, 1.807) is 0 Å². The Morgan fingerprint density at radius 1 is 1.15 bits per heavy atom. The van der Waals surface area contributed by atoms with Crippen molar-refractivity contribution in [3.8, 4) is 0 Å². The lowest BCUT2D eigenvalue weighted by Crippen LogP contribution is -2.33. The largest absolute Gasteiger partial charge is 0.446 e. The Bertz CT molecular complexity index is 331. The predicted molar refractivity (Wildman–Crippen MR) is 75.2 cm³/mol. The Morgan fingerprint density at radius 2 is 1.90 bits per heavy atom. The highest BCUT2D eigenvalue weighted by Gasteiger charge is 2.14. The summed E-state index contributed by atoms with van der Waals surface area (Å²) < 4.78 is 5.36. The van der Waals surface area contributed by atoms with E-state index in [2.05, 4.69) is 22.8 Å². The monoisotopic (exact) mass is 284 g/mol. The second-order valence-electron chi connectivity index (χ2n) is 4.80. The van der Waals surface area contributed by atoms with Crippen LogP contribution in [0.5, 0.6) is 0 Å². The molecule has 0 bridgehead atoms. The minimum absolute atomic E-state index is 0.00552. The van der Waals surface area contributed by atoms with Crippen LogP contribution in [0.15, 0.2) is 12.2 Å². The van der Waals surface area contributed by atoms with Gasteiger partial charge < -0.3 is 20.5 Å². The van der Waals surface area contributed by atoms with Gasteiger partial charge in [0, 0.05) is 13.1 Å². The number of allylic oxidation sites excluding steroid dienone is 2. The second kappa shape index (κ2) is 10.3. The van der Waals surface area contributed by atoms with Crippen LogP contribution in [0, 0.1) is 0 Å². The maximum absolute atomic E-state index is 11.6. The van der Waals surface area contributed by atoms with Gasteiger partial charge in [0.25, 0.3) is 0 Å². The minimum atomic E-state index is -0.508. The van der Waals surface area contributed by atoms with Crippen molar-refractivity contribution >= 4 is 12.0 Å². The average Bonchev–Trinajstić information content (AvgIpc) is 2.41. The van der Waals surface area contributed by atoms with Crippen LogP contribution >= 0.6 is 0 Å². The molecule has 1 aliphatic carbocycles. The lowest BCUT2D eigenvalue weighted by Gasteiger charge is -2.18. The number of ether oxygens (including phenoxy) is 1. The van der Waals surface area contributed by atoms with Crippen LogP contribution in [0.3, 0.4) is 0 Å². The SMILES string of the molecule is O=C(CO)NCCCNC(=O)OC1CC/C=C/CCC1. The van der Waals surface area contributed by atoms with E-state index in [1.165, 1.54) is 0 Å². The molecule has 0 aliphatic heterocycles. The fraction of sp³-hybridized carbons (Fsp3) is 0.714. The molecule has 6 heteroatoms. The topological polar surface area (TPSA) is 87.7 Å². The summed E-state index contributed by atoms with van der Waals surface area (Å²) in [6.07, 6.45) is 9.34. The van der Waals surface area contributed by atoms with E-state index >= 15 is 0 Å². The first-order valence-corrected chi connectivity index (χ1v) is 7.19. The number of aliphatic hydroxyl groups excluding tert-OH is 1. The number of hydrogen-bond acceptors (Lipinski definition) is 4. The lowest BCUT2D eigenvalue weighted by molar-refractivity contribution is -0.123. The normalized spacial score (nSPS) is 20.4. The van der Waals surface area contributed by atoms with Crippen LogP contribution in [0.1, 0.15) is 38.5 Å². The zero-order valence-corrected chi connectivity index (χ0v) is 11.8. The van der Waals surface area contributed by atoms with Gasteiger partial charge >= 0.3 is 6.09 Å². The fourth-order valence-corrected chi connectivity index (χ4v) is 2.00. The number of alkyl carbamates (subject to hydrolysis) is 1. The third-order valence-electron chi connectivity index (χ3n) is 3.08. The molecular formula is C14H24N2O4. The predicted octanol–water partition coefficient (Wildman–Crippen LogP) is 1.10. The van der Waals surface area contributed by atoms with E-state index in [-0.39, 0.29) is 6.10 Å². The van der Waals surface area contributed by atoms with Crippen molar-refractivity contribution < 1.29 is 19.4 Å². The van der Waals surface area contributed by atoms with Gasteiger partial charge in [0.15, 0.2) is 0 Å². The van der Waals surface area contributed by atoms with Crippen molar-refractivity contribution in [1.82, 2.24) is 10.6 Å². The number of hydrogen-bond donors (Lipinski definition) is 3. The molecule has 0 radical (unpaired) electrons. The Kier molecular flexibility index (Phi) is 8.46. The second-order valence-corrected chi connectivity index (χ2v) is 4.80. The average molecular weight is 284 g/mol. The summed E-state index contributed by atoms with van der Waals surface area (Å²) in [4.78, 5) is 22.3. The van der Waals surface area contributed by atoms with Crippen molar-refractivity contribution in [1.29, 1.82) is 0 Å². The molecule has 3 N–H and O–H groups in total. The maximum Gasteiger partial charge on any atom is 0.407 e. The molecule has 0 saturated carbocycles. The molecule has 0 aromatic carbocycles. The van der Waals surface area contributed by atoms with Gasteiger partial charge in [-0.25, -0.2) is 4.79 Å². The Labute approximate surface area is 119 Å². The Balaban J connectivity index is 2.07. The third-order valence-corrected chi connectivity index (χ3v) is 3.08. The van der Waals surface area contributed by atoms with Crippen LogP contribution in [-0.4, -0.2) is 42.9 Å². The van der Waals surface area contributed by atoms with Gasteiger partial charge in [0.05, 0.1) is 0 Å². The smallest absolute Gasteiger partial charge is 0.407 e. The number of carbonyl (C=O) groups excluding carboxylic acids is 2. The molecule has 0 saturated heterocycles. The molecule has 20 heavy (non-hydrogen) atoms. The number of amides is 2. The van der Waals surface area contributed by atoms with Crippen molar-refractivity contribution in [2.45, 2.75) is 44.6 Å². The van der Waals surface area contributed by atoms with E-state index in [0.717, 1.165) is 32.1 Å². The van der Waals surface area contributed by atoms with Crippen LogP contribution in [0.2, 0.25) is 0 Å². The highest BCUT2D eigenvalue weighted by Crippen LogP contribution is 2.15. The van der Waals surface area contributed by atoms with Crippen LogP contribution in [0.4, 0.5) is 4.79 Å². The first-order valence-electron chi connectivity index (χ1n) is 7.19. The molecule has 1 aliphatic rings. The summed E-state index contributed by atoms with van der Waals surface area (Å²) in [5.74, 6) is -0.407. The molecule has 0 heterocycles. The van der Waals surface area contributed by atoms with E-state index in [4.69, 9.17) is 9.84 Å². The number of aliphatic hydroxyl groups is 1. The quantitative estimate of drug-likeness (QED) is 0.503. The Hall–Kier alpha value is -1.56. The lowest BCUT2D eigenvalue weighted by atomic mass is 10.0. The minimum Gasteiger partial charge on any atom is -0.446 e. The summed E-state index contributed by atoms with van der Waals surface area (Å²) in [6, 6.07) is 0. The maximum atomic E-state index is 11.6. The molecule has 0 aromatic heterocycles. The van der Waals surface area contributed by atoms with Gasteiger partial charge in [0.2, 0.25) is 5.91 Å². The van der Waals surface area contributed by atoms with Crippen molar-refractivity contribution in [3.63, 3.8) is 0 Å². The Morgan fingerprint density at radius 3 is 2.70 bits per heavy atom. The summed E-state index contributed by atoms with van der Waals surface area (Å²) in [5.41, 5.74) is 0. The van der Waals surface area contributed by atoms with E-state index < -0.39 is 18.6 Å². The molecule has 2 amide bonds. The molecular weight excluding hydrogens is 260 g/mol. The number of rotatable bonds is 6. The summed E-state index contributed by atoms with van der Waals surface area (Å²) in [5, 5.41) is 13.7. The van der Waals surface area contributed by atoms with Gasteiger partial charge in [-0.2, -0.15) is 0 Å². The number of nitrogens with one attached hydrogen (secondary N) is 2. The van der Waals surface area contributed by atoms with Crippen LogP contribution in [0.25, 0.3) is 0 Å². The van der Waals surface area contributed by atoms with Gasteiger partial charge in [0.1, 0.15) is 12.7 Å². The molecule has 114 valence electrons. The first-order chi connectivity index (χ1) is 9.72. The van der Waals surface area contributed by atoms with E-state index in [9.17, 15) is 9.59 Å². The summed E-state index contributed by atoms with van der Waals surface area (Å²) >= 11 is 0. The van der Waals surface area contributed by atoms with Crippen molar-refractivity contribution in [2.24, 2.45) is 0 Å². The zero-order valence-electron chi connectivity index (χ0n) is 11.8. The van der Waals surface area contributed by atoms with Crippen molar-refractivity contribution in [3.05, 3.63) is 12.2 Å². The standard InChI is InChI=1S/C14H24N2O4/c17-11-13(18)15-9-6-10-16-14(19)20-12-7-4-2-1-3-5-8-12/h1-2,12,17H,3-11H2,(H,15,18)(H,16,19)/b2-1+. The van der Waals surface area contributed by atoms with Gasteiger partial charge in [-0.3, -0.25) is 4.79 Å². The molecule has 1 rings (SSSR count). The molecule has 0 fully saturated rings. The van der Waals surface area contributed by atoms with E-state index in [1.807, 2.05) is 0 Å². The highest BCUT2D eigenvalue weighted by molar-refractivity contribution is 5.76. The van der Waals surface area contributed by atoms with Crippen LogP contribution < -0.4 is 10.6 Å². The number of carbonyl (C=O) groups is 2. The summed E-state index contributed by atoms with van der Waals surface area (Å²) in [6.45, 7) is 0.358. The fourth-order valence-electron chi connectivity index (χ4n) is 2.00.